The molecular formula is C26H34N4O. The van der Waals surface area contributed by atoms with Gasteiger partial charge in [0.25, 0.3) is 0 Å². The SMILES string of the molecule is CCC(C)c1nc(N2CCC(c3ccccc3OC)CC2)c2cc(N(C)C)ccc2n1. The third kappa shape index (κ3) is 4.32. The lowest BCUT2D eigenvalue weighted by atomic mass is 9.88. The topological polar surface area (TPSA) is 41.5 Å². The van der Waals surface area contributed by atoms with Crippen LogP contribution in [-0.4, -0.2) is 44.3 Å². The molecule has 164 valence electrons. The van der Waals surface area contributed by atoms with Crippen LogP contribution in [0.1, 0.15) is 56.3 Å². The molecule has 2 aromatic carbocycles. The van der Waals surface area contributed by atoms with E-state index < -0.39 is 0 Å². The number of aromatic nitrogens is 2. The molecule has 0 amide bonds. The van der Waals surface area contributed by atoms with Crippen molar-refractivity contribution in [3.8, 4) is 5.75 Å². The van der Waals surface area contributed by atoms with Crippen LogP contribution >= 0.6 is 0 Å². The smallest absolute Gasteiger partial charge is 0.140 e. The second-order valence-electron chi connectivity index (χ2n) is 8.81. The molecule has 1 saturated heterocycles. The number of ether oxygens (including phenoxy) is 1. The van der Waals surface area contributed by atoms with E-state index in [-0.39, 0.29) is 0 Å². The van der Waals surface area contributed by atoms with Gasteiger partial charge in [-0.25, -0.2) is 9.97 Å². The zero-order chi connectivity index (χ0) is 22.0. The van der Waals surface area contributed by atoms with Crippen molar-refractivity contribution in [1.29, 1.82) is 0 Å². The summed E-state index contributed by atoms with van der Waals surface area (Å²) < 4.78 is 5.62. The van der Waals surface area contributed by atoms with Gasteiger partial charge in [0.05, 0.1) is 12.6 Å². The van der Waals surface area contributed by atoms with E-state index in [1.54, 1.807) is 7.11 Å². The molecule has 0 aliphatic carbocycles. The van der Waals surface area contributed by atoms with Gasteiger partial charge < -0.3 is 14.5 Å². The van der Waals surface area contributed by atoms with Crippen molar-refractivity contribution in [3.05, 3.63) is 53.9 Å². The van der Waals surface area contributed by atoms with Crippen molar-refractivity contribution < 1.29 is 4.74 Å². The molecule has 4 rings (SSSR count). The maximum Gasteiger partial charge on any atom is 0.140 e. The Hall–Kier alpha value is -2.82. The standard InChI is InChI=1S/C26H34N4O/c1-6-18(2)25-27-23-12-11-20(29(3)4)17-22(23)26(28-25)30-15-13-19(14-16-30)21-9-7-8-10-24(21)31-5/h7-12,17-19H,6,13-16H2,1-5H3. The van der Waals surface area contributed by atoms with Crippen molar-refractivity contribution in [3.63, 3.8) is 0 Å². The van der Waals surface area contributed by atoms with Crippen molar-refractivity contribution in [2.75, 3.05) is 44.1 Å². The molecule has 0 saturated carbocycles. The van der Waals surface area contributed by atoms with E-state index in [0.29, 0.717) is 11.8 Å². The Bertz CT molecular complexity index is 1040. The number of hydrogen-bond donors (Lipinski definition) is 0. The minimum atomic E-state index is 0.350. The predicted octanol–water partition coefficient (Wildman–Crippen LogP) is 5.60. The van der Waals surface area contributed by atoms with Gasteiger partial charge in [-0.2, -0.15) is 0 Å². The minimum Gasteiger partial charge on any atom is -0.496 e. The molecule has 1 aliphatic heterocycles. The maximum absolute atomic E-state index is 5.62. The van der Waals surface area contributed by atoms with Gasteiger partial charge in [-0.3, -0.25) is 0 Å². The monoisotopic (exact) mass is 418 g/mol. The highest BCUT2D eigenvalue weighted by molar-refractivity contribution is 5.92. The molecule has 1 fully saturated rings. The summed E-state index contributed by atoms with van der Waals surface area (Å²) >= 11 is 0. The van der Waals surface area contributed by atoms with E-state index in [1.807, 2.05) is 6.07 Å². The van der Waals surface area contributed by atoms with Crippen molar-refractivity contribution in [2.45, 2.75) is 44.9 Å². The van der Waals surface area contributed by atoms with Gasteiger partial charge in [-0.05, 0) is 55.0 Å². The number of nitrogens with zero attached hydrogens (tertiary/aromatic N) is 4. The fourth-order valence-electron chi connectivity index (χ4n) is 4.45. The Morgan fingerprint density at radius 1 is 1.10 bits per heavy atom. The Morgan fingerprint density at radius 3 is 2.52 bits per heavy atom. The lowest BCUT2D eigenvalue weighted by Gasteiger charge is -2.34. The summed E-state index contributed by atoms with van der Waals surface area (Å²) in [4.78, 5) is 14.6. The second-order valence-corrected chi connectivity index (χ2v) is 8.81. The Labute approximate surface area is 186 Å². The molecule has 2 heterocycles. The Morgan fingerprint density at radius 2 is 1.84 bits per heavy atom. The average molecular weight is 419 g/mol. The first-order valence-electron chi connectivity index (χ1n) is 11.4. The molecule has 0 N–H and O–H groups in total. The molecule has 1 aromatic heterocycles. The van der Waals surface area contributed by atoms with Crippen LogP contribution in [0.3, 0.4) is 0 Å². The van der Waals surface area contributed by atoms with Gasteiger partial charge in [0.2, 0.25) is 0 Å². The maximum atomic E-state index is 5.62. The predicted molar refractivity (Wildman–Crippen MR) is 130 cm³/mol. The largest absolute Gasteiger partial charge is 0.496 e. The summed E-state index contributed by atoms with van der Waals surface area (Å²) in [5, 5.41) is 1.15. The van der Waals surface area contributed by atoms with Crippen LogP contribution in [0.25, 0.3) is 10.9 Å². The minimum absolute atomic E-state index is 0.350. The van der Waals surface area contributed by atoms with Gasteiger partial charge in [0.15, 0.2) is 0 Å². The fourth-order valence-corrected chi connectivity index (χ4v) is 4.45. The molecule has 0 spiro atoms. The molecule has 0 bridgehead atoms. The number of fused-ring (bicyclic) bond motifs is 1. The third-order valence-corrected chi connectivity index (χ3v) is 6.62. The summed E-state index contributed by atoms with van der Waals surface area (Å²) in [6.07, 6.45) is 3.23. The Balaban J connectivity index is 1.67. The first-order chi connectivity index (χ1) is 15.0. The molecule has 3 aromatic rings. The first-order valence-corrected chi connectivity index (χ1v) is 11.4. The lowest BCUT2D eigenvalue weighted by Crippen LogP contribution is -2.34. The zero-order valence-electron chi connectivity index (χ0n) is 19.4. The number of anilines is 2. The summed E-state index contributed by atoms with van der Waals surface area (Å²) in [6.45, 7) is 6.39. The highest BCUT2D eigenvalue weighted by Gasteiger charge is 2.26. The van der Waals surface area contributed by atoms with Crippen LogP contribution in [0, 0.1) is 0 Å². The first kappa shape index (κ1) is 21.4. The summed E-state index contributed by atoms with van der Waals surface area (Å²) in [5.41, 5.74) is 3.54. The molecule has 5 nitrogen and oxygen atoms in total. The van der Waals surface area contributed by atoms with Crippen LogP contribution in [0.15, 0.2) is 42.5 Å². The summed E-state index contributed by atoms with van der Waals surface area (Å²) in [6, 6.07) is 15.0. The summed E-state index contributed by atoms with van der Waals surface area (Å²) in [5.74, 6) is 3.91. The molecule has 5 heteroatoms. The van der Waals surface area contributed by atoms with Gasteiger partial charge in [-0.1, -0.05) is 32.0 Å². The zero-order valence-corrected chi connectivity index (χ0v) is 19.4. The van der Waals surface area contributed by atoms with E-state index in [9.17, 15) is 0 Å². The second kappa shape index (κ2) is 9.13. The lowest BCUT2D eigenvalue weighted by molar-refractivity contribution is 0.397. The van der Waals surface area contributed by atoms with Crippen molar-refractivity contribution in [1.82, 2.24) is 9.97 Å². The van der Waals surface area contributed by atoms with E-state index in [4.69, 9.17) is 14.7 Å². The number of piperidine rings is 1. The number of methoxy groups -OCH3 is 1. The third-order valence-electron chi connectivity index (χ3n) is 6.62. The van der Waals surface area contributed by atoms with Gasteiger partial charge in [-0.15, -0.1) is 0 Å². The van der Waals surface area contributed by atoms with E-state index in [2.05, 4.69) is 74.1 Å². The quantitative estimate of drug-likeness (QED) is 0.521. The Kier molecular flexibility index (Phi) is 6.30. The number of para-hydroxylation sites is 1. The van der Waals surface area contributed by atoms with Crippen LogP contribution in [0.5, 0.6) is 5.75 Å². The highest BCUT2D eigenvalue weighted by Crippen LogP contribution is 2.37. The van der Waals surface area contributed by atoms with E-state index >= 15 is 0 Å². The molecule has 0 radical (unpaired) electrons. The summed E-state index contributed by atoms with van der Waals surface area (Å²) in [7, 11) is 5.92. The van der Waals surface area contributed by atoms with Crippen molar-refractivity contribution >= 4 is 22.4 Å². The van der Waals surface area contributed by atoms with Gasteiger partial charge in [0, 0.05) is 44.2 Å². The fraction of sp³-hybridized carbons (Fsp3) is 0.462. The molecular weight excluding hydrogens is 384 g/mol. The molecule has 1 atom stereocenters. The molecule has 1 unspecified atom stereocenters. The van der Waals surface area contributed by atoms with Crippen LogP contribution in [0.2, 0.25) is 0 Å². The highest BCUT2D eigenvalue weighted by atomic mass is 16.5. The van der Waals surface area contributed by atoms with Crippen molar-refractivity contribution in [2.24, 2.45) is 0 Å². The van der Waals surface area contributed by atoms with Gasteiger partial charge in [0.1, 0.15) is 17.4 Å². The van der Waals surface area contributed by atoms with Gasteiger partial charge >= 0.3 is 0 Å². The number of benzene rings is 2. The van der Waals surface area contributed by atoms with E-state index in [1.165, 1.54) is 11.3 Å². The average Bonchev–Trinajstić information content (AvgIpc) is 2.82. The number of rotatable bonds is 6. The molecule has 1 aliphatic rings. The van der Waals surface area contributed by atoms with Crippen LogP contribution in [-0.2, 0) is 0 Å². The molecule has 31 heavy (non-hydrogen) atoms. The number of hydrogen-bond acceptors (Lipinski definition) is 5. The normalized spacial score (nSPS) is 15.8. The van der Waals surface area contributed by atoms with Crippen LogP contribution < -0.4 is 14.5 Å². The van der Waals surface area contributed by atoms with Crippen LogP contribution in [0.4, 0.5) is 11.5 Å². The van der Waals surface area contributed by atoms with E-state index in [0.717, 1.165) is 60.6 Å².